The molecule has 0 bridgehead atoms. The Morgan fingerprint density at radius 2 is 1.94 bits per heavy atom. The summed E-state index contributed by atoms with van der Waals surface area (Å²) in [4.78, 5) is 2.55. The summed E-state index contributed by atoms with van der Waals surface area (Å²) in [7, 11) is 2.34. The molecule has 1 saturated heterocycles. The van der Waals surface area contributed by atoms with E-state index in [1.165, 1.54) is 44.1 Å². The molecule has 4 N–H and O–H groups in total. The zero-order valence-electron chi connectivity index (χ0n) is 11.2. The van der Waals surface area contributed by atoms with Gasteiger partial charge in [0.15, 0.2) is 0 Å². The maximum atomic E-state index is 2.55. The SMILES string of the molecule is CCCCC1CCCN1[B]c1ccccc1.O.O. The van der Waals surface area contributed by atoms with Crippen LogP contribution in [0.5, 0.6) is 0 Å². The maximum absolute atomic E-state index is 2.55. The summed E-state index contributed by atoms with van der Waals surface area (Å²) in [6.07, 6.45) is 6.78. The first kappa shape index (κ1) is 17.2. The van der Waals surface area contributed by atoms with Gasteiger partial charge >= 0.3 is 0 Å². The normalized spacial score (nSPS) is 18.8. The molecule has 0 spiro atoms. The zero-order valence-corrected chi connectivity index (χ0v) is 11.2. The van der Waals surface area contributed by atoms with E-state index < -0.39 is 0 Å². The van der Waals surface area contributed by atoms with Crippen molar-refractivity contribution in [3.8, 4) is 0 Å². The lowest BCUT2D eigenvalue weighted by Gasteiger charge is -2.23. The van der Waals surface area contributed by atoms with Gasteiger partial charge in [0.25, 0.3) is 0 Å². The van der Waals surface area contributed by atoms with E-state index in [1.54, 1.807) is 0 Å². The Balaban J connectivity index is 0.00000144. The molecular formula is C14H25BNO2. The molecule has 1 atom stereocenters. The number of rotatable bonds is 5. The van der Waals surface area contributed by atoms with Crippen LogP contribution in [-0.4, -0.2) is 35.8 Å². The van der Waals surface area contributed by atoms with Gasteiger partial charge in [-0.2, -0.15) is 0 Å². The topological polar surface area (TPSA) is 66.2 Å². The molecule has 1 fully saturated rings. The summed E-state index contributed by atoms with van der Waals surface area (Å²) in [6, 6.07) is 11.5. The Morgan fingerprint density at radius 3 is 2.61 bits per heavy atom. The fourth-order valence-corrected chi connectivity index (χ4v) is 2.51. The van der Waals surface area contributed by atoms with E-state index in [1.807, 2.05) is 0 Å². The van der Waals surface area contributed by atoms with Crippen molar-refractivity contribution in [1.29, 1.82) is 0 Å². The molecule has 0 aromatic heterocycles. The highest BCUT2D eigenvalue weighted by molar-refractivity contribution is 6.50. The molecule has 1 aliphatic heterocycles. The van der Waals surface area contributed by atoms with Crippen LogP contribution in [0.25, 0.3) is 0 Å². The van der Waals surface area contributed by atoms with Crippen molar-refractivity contribution >= 4 is 12.9 Å². The molecule has 0 saturated carbocycles. The molecule has 4 heteroatoms. The standard InChI is InChI=1S/C14H21BN.2H2O/c1-2-3-10-14-11-7-12-16(14)15-13-8-5-4-6-9-13;;/h4-6,8-9,14H,2-3,7,10-12H2,1H3;2*1H2. The second-order valence-corrected chi connectivity index (χ2v) is 4.72. The third-order valence-corrected chi connectivity index (χ3v) is 3.43. The molecule has 1 heterocycles. The number of unbranched alkanes of at least 4 members (excludes halogenated alkanes) is 1. The van der Waals surface area contributed by atoms with E-state index in [-0.39, 0.29) is 11.0 Å². The first-order valence-corrected chi connectivity index (χ1v) is 6.56. The van der Waals surface area contributed by atoms with Crippen molar-refractivity contribution in [2.24, 2.45) is 0 Å². The zero-order chi connectivity index (χ0) is 11.2. The van der Waals surface area contributed by atoms with Crippen LogP contribution in [0.15, 0.2) is 30.3 Å². The van der Waals surface area contributed by atoms with Gasteiger partial charge in [-0.1, -0.05) is 55.6 Å². The van der Waals surface area contributed by atoms with Gasteiger partial charge < -0.3 is 15.8 Å². The third-order valence-electron chi connectivity index (χ3n) is 3.43. The van der Waals surface area contributed by atoms with Gasteiger partial charge in [-0.05, 0) is 31.8 Å². The first-order valence-electron chi connectivity index (χ1n) is 6.56. The molecule has 18 heavy (non-hydrogen) atoms. The van der Waals surface area contributed by atoms with E-state index in [0.717, 1.165) is 6.04 Å². The van der Waals surface area contributed by atoms with Gasteiger partial charge in [0.2, 0.25) is 7.41 Å². The Hall–Kier alpha value is -0.835. The fraction of sp³-hybridized carbons (Fsp3) is 0.571. The third kappa shape index (κ3) is 4.80. The van der Waals surface area contributed by atoms with E-state index in [9.17, 15) is 0 Å². The molecule has 1 aromatic carbocycles. The Labute approximate surface area is 111 Å². The largest absolute Gasteiger partial charge is 0.412 e. The smallest absolute Gasteiger partial charge is 0.247 e. The summed E-state index contributed by atoms with van der Waals surface area (Å²) < 4.78 is 0. The Kier molecular flexibility index (Phi) is 8.72. The monoisotopic (exact) mass is 250 g/mol. The van der Waals surface area contributed by atoms with Crippen molar-refractivity contribution in [2.45, 2.75) is 45.1 Å². The molecule has 101 valence electrons. The van der Waals surface area contributed by atoms with Crippen LogP contribution in [-0.2, 0) is 0 Å². The van der Waals surface area contributed by atoms with Crippen molar-refractivity contribution in [1.82, 2.24) is 4.81 Å². The lowest BCUT2D eigenvalue weighted by Crippen LogP contribution is -2.39. The van der Waals surface area contributed by atoms with Crippen LogP contribution in [0.1, 0.15) is 39.0 Å². The van der Waals surface area contributed by atoms with E-state index in [4.69, 9.17) is 0 Å². The molecule has 0 amide bonds. The van der Waals surface area contributed by atoms with E-state index >= 15 is 0 Å². The van der Waals surface area contributed by atoms with E-state index in [0.29, 0.717) is 0 Å². The molecule has 3 nitrogen and oxygen atoms in total. The highest BCUT2D eigenvalue weighted by atomic mass is 16.0. The minimum Gasteiger partial charge on any atom is -0.412 e. The number of nitrogens with zero attached hydrogens (tertiary/aromatic N) is 1. The summed E-state index contributed by atoms with van der Waals surface area (Å²) in [5, 5.41) is 0. The van der Waals surface area contributed by atoms with Crippen LogP contribution in [0.4, 0.5) is 0 Å². The average molecular weight is 250 g/mol. The van der Waals surface area contributed by atoms with Crippen molar-refractivity contribution < 1.29 is 11.0 Å². The van der Waals surface area contributed by atoms with Gasteiger partial charge in [0.05, 0.1) is 0 Å². The van der Waals surface area contributed by atoms with Crippen LogP contribution in [0, 0.1) is 0 Å². The van der Waals surface area contributed by atoms with Gasteiger partial charge in [0.1, 0.15) is 0 Å². The highest BCUT2D eigenvalue weighted by Crippen LogP contribution is 2.20. The predicted molar refractivity (Wildman–Crippen MR) is 78.3 cm³/mol. The molecule has 1 aliphatic rings. The molecule has 0 aliphatic carbocycles. The van der Waals surface area contributed by atoms with Gasteiger partial charge in [-0.15, -0.1) is 0 Å². The van der Waals surface area contributed by atoms with Gasteiger partial charge in [-0.25, -0.2) is 0 Å². The van der Waals surface area contributed by atoms with Crippen LogP contribution >= 0.6 is 0 Å². The number of benzene rings is 1. The lowest BCUT2D eigenvalue weighted by molar-refractivity contribution is 0.382. The molecule has 1 unspecified atom stereocenters. The quantitative estimate of drug-likeness (QED) is 0.717. The number of hydrogen-bond donors (Lipinski definition) is 0. The number of hydrogen-bond acceptors (Lipinski definition) is 1. The first-order chi connectivity index (χ1) is 7.90. The second kappa shape index (κ2) is 9.14. The van der Waals surface area contributed by atoms with Crippen molar-refractivity contribution in [3.63, 3.8) is 0 Å². The minimum absolute atomic E-state index is 0. The molecule has 1 aromatic rings. The average Bonchev–Trinajstić information content (AvgIpc) is 2.75. The predicted octanol–water partition coefficient (Wildman–Crippen LogP) is 0.936. The van der Waals surface area contributed by atoms with E-state index in [2.05, 4.69) is 49.5 Å². The molecular weight excluding hydrogens is 225 g/mol. The van der Waals surface area contributed by atoms with Crippen molar-refractivity contribution in [2.75, 3.05) is 6.54 Å². The Morgan fingerprint density at radius 1 is 1.22 bits per heavy atom. The summed E-state index contributed by atoms with van der Waals surface area (Å²) in [5.41, 5.74) is 1.34. The van der Waals surface area contributed by atoms with Crippen LogP contribution < -0.4 is 5.46 Å². The maximum Gasteiger partial charge on any atom is 0.247 e. The van der Waals surface area contributed by atoms with Crippen LogP contribution in [0.3, 0.4) is 0 Å². The molecule has 1 radical (unpaired) electrons. The summed E-state index contributed by atoms with van der Waals surface area (Å²) >= 11 is 0. The van der Waals surface area contributed by atoms with Crippen LogP contribution in [0.2, 0.25) is 0 Å². The fourth-order valence-electron chi connectivity index (χ4n) is 2.51. The molecule has 2 rings (SSSR count). The minimum atomic E-state index is 0. The van der Waals surface area contributed by atoms with Gasteiger partial charge in [-0.3, -0.25) is 0 Å². The second-order valence-electron chi connectivity index (χ2n) is 4.72. The highest BCUT2D eigenvalue weighted by Gasteiger charge is 2.24. The Bertz CT molecular complexity index is 308. The summed E-state index contributed by atoms with van der Waals surface area (Å²) in [5.74, 6) is 0. The van der Waals surface area contributed by atoms with Gasteiger partial charge in [0, 0.05) is 0 Å². The van der Waals surface area contributed by atoms with Crippen molar-refractivity contribution in [3.05, 3.63) is 30.3 Å². The summed E-state index contributed by atoms with van der Waals surface area (Å²) in [6.45, 7) is 3.52. The lowest BCUT2D eigenvalue weighted by atomic mass is 9.79.